The van der Waals surface area contributed by atoms with Gasteiger partial charge in [0.1, 0.15) is 5.69 Å². The lowest BCUT2D eigenvalue weighted by Gasteiger charge is -2.21. The van der Waals surface area contributed by atoms with Crippen molar-refractivity contribution < 1.29 is 9.32 Å². The van der Waals surface area contributed by atoms with Crippen molar-refractivity contribution in [2.45, 2.75) is 39.8 Å². The molecule has 0 aliphatic rings. The molecule has 0 fully saturated rings. The summed E-state index contributed by atoms with van der Waals surface area (Å²) in [5.41, 5.74) is 2.97. The summed E-state index contributed by atoms with van der Waals surface area (Å²) in [6.45, 7) is 8.32. The molecule has 0 spiro atoms. The van der Waals surface area contributed by atoms with Crippen molar-refractivity contribution in [1.82, 2.24) is 20.3 Å². The minimum atomic E-state index is -0.175. The number of carbonyl (C=O) groups is 1. The predicted molar refractivity (Wildman–Crippen MR) is 95.1 cm³/mol. The molecule has 1 amide bonds. The Morgan fingerprint density at radius 1 is 1.24 bits per heavy atom. The van der Waals surface area contributed by atoms with Gasteiger partial charge in [-0.2, -0.15) is 5.10 Å². The molecule has 3 rings (SSSR count). The molecular weight excluding hydrogens is 316 g/mol. The average Bonchev–Trinajstić information content (AvgIpc) is 3.19. The van der Waals surface area contributed by atoms with Gasteiger partial charge < -0.3 is 9.84 Å². The van der Waals surface area contributed by atoms with Crippen LogP contribution in [-0.4, -0.2) is 20.8 Å². The smallest absolute Gasteiger partial charge is 0.255 e. The van der Waals surface area contributed by atoms with Gasteiger partial charge in [-0.1, -0.05) is 35.5 Å². The van der Waals surface area contributed by atoms with E-state index in [1.165, 1.54) is 0 Å². The van der Waals surface area contributed by atoms with E-state index < -0.39 is 0 Å². The van der Waals surface area contributed by atoms with Gasteiger partial charge in [-0.15, -0.1) is 0 Å². The third-order valence-corrected chi connectivity index (χ3v) is 3.94. The summed E-state index contributed by atoms with van der Waals surface area (Å²) in [5.74, 6) is 0.429. The molecular formula is C19H22N4O2. The first-order chi connectivity index (χ1) is 11.9. The predicted octanol–water partition coefficient (Wildman–Crippen LogP) is 3.53. The fourth-order valence-electron chi connectivity index (χ4n) is 2.71. The molecule has 130 valence electrons. The summed E-state index contributed by atoms with van der Waals surface area (Å²) in [6, 6.07) is 11.6. The van der Waals surface area contributed by atoms with E-state index in [4.69, 9.17) is 4.52 Å². The van der Waals surface area contributed by atoms with E-state index in [1.807, 2.05) is 68.8 Å². The second kappa shape index (κ2) is 6.55. The fraction of sp³-hybridized carbons (Fsp3) is 0.316. The highest BCUT2D eigenvalue weighted by Crippen LogP contribution is 2.20. The van der Waals surface area contributed by atoms with Gasteiger partial charge in [-0.25, -0.2) is 0 Å². The van der Waals surface area contributed by atoms with Crippen LogP contribution in [0.15, 0.2) is 47.1 Å². The lowest BCUT2D eigenvalue weighted by molar-refractivity contribution is 0.0946. The summed E-state index contributed by atoms with van der Waals surface area (Å²) in [5, 5.41) is 11.2. The Morgan fingerprint density at radius 2 is 1.96 bits per heavy atom. The van der Waals surface area contributed by atoms with Crippen LogP contribution in [0, 0.1) is 6.92 Å². The highest BCUT2D eigenvalue weighted by Gasteiger charge is 2.21. The molecule has 0 unspecified atom stereocenters. The van der Waals surface area contributed by atoms with Crippen LogP contribution in [0.2, 0.25) is 0 Å². The van der Waals surface area contributed by atoms with Gasteiger partial charge >= 0.3 is 0 Å². The van der Waals surface area contributed by atoms with Gasteiger partial charge in [0.15, 0.2) is 5.76 Å². The Kier molecular flexibility index (Phi) is 4.44. The number of amides is 1. The van der Waals surface area contributed by atoms with Crippen molar-refractivity contribution in [3.05, 3.63) is 59.6 Å². The standard InChI is InChI=1S/C19H22N4O2/c1-13-16(12-21-23(13)19(2,3)4)18(24)20-11-15-10-17(22-25-15)14-8-6-5-7-9-14/h5-10,12H,11H2,1-4H3,(H,20,24). The Morgan fingerprint density at radius 3 is 2.60 bits per heavy atom. The third kappa shape index (κ3) is 3.63. The van der Waals surface area contributed by atoms with Gasteiger partial charge in [-0.05, 0) is 27.7 Å². The zero-order valence-corrected chi connectivity index (χ0v) is 14.9. The molecule has 0 aliphatic carbocycles. The summed E-state index contributed by atoms with van der Waals surface area (Å²) < 4.78 is 7.16. The largest absolute Gasteiger partial charge is 0.359 e. The molecule has 25 heavy (non-hydrogen) atoms. The minimum absolute atomic E-state index is 0.169. The summed E-state index contributed by atoms with van der Waals surface area (Å²) in [6.07, 6.45) is 1.60. The highest BCUT2D eigenvalue weighted by atomic mass is 16.5. The van der Waals surface area contributed by atoms with Crippen molar-refractivity contribution in [1.29, 1.82) is 0 Å². The van der Waals surface area contributed by atoms with Crippen LogP contribution in [0.4, 0.5) is 0 Å². The van der Waals surface area contributed by atoms with E-state index >= 15 is 0 Å². The van der Waals surface area contributed by atoms with Crippen molar-refractivity contribution in [2.24, 2.45) is 0 Å². The first kappa shape index (κ1) is 17.0. The summed E-state index contributed by atoms with van der Waals surface area (Å²) in [4.78, 5) is 12.4. The molecule has 0 saturated heterocycles. The normalized spacial score (nSPS) is 11.5. The lowest BCUT2D eigenvalue weighted by atomic mass is 10.1. The maximum absolute atomic E-state index is 12.4. The van der Waals surface area contributed by atoms with Crippen molar-refractivity contribution in [3.8, 4) is 11.3 Å². The molecule has 0 saturated carbocycles. The van der Waals surface area contributed by atoms with E-state index in [0.717, 1.165) is 17.0 Å². The average molecular weight is 338 g/mol. The molecule has 3 aromatic rings. The van der Waals surface area contributed by atoms with E-state index in [2.05, 4.69) is 15.6 Å². The van der Waals surface area contributed by atoms with Crippen LogP contribution in [-0.2, 0) is 12.1 Å². The molecule has 0 aliphatic heterocycles. The summed E-state index contributed by atoms with van der Waals surface area (Å²) >= 11 is 0. The first-order valence-electron chi connectivity index (χ1n) is 8.20. The van der Waals surface area contributed by atoms with Gasteiger partial charge in [0, 0.05) is 17.3 Å². The Balaban J connectivity index is 1.68. The SMILES string of the molecule is Cc1c(C(=O)NCc2cc(-c3ccccc3)no2)cnn1C(C)(C)C. The van der Waals surface area contributed by atoms with Crippen LogP contribution < -0.4 is 5.32 Å². The van der Waals surface area contributed by atoms with E-state index in [0.29, 0.717) is 11.3 Å². The van der Waals surface area contributed by atoms with Crippen molar-refractivity contribution >= 4 is 5.91 Å². The number of benzene rings is 1. The molecule has 6 heteroatoms. The van der Waals surface area contributed by atoms with Gasteiger partial charge in [0.25, 0.3) is 5.91 Å². The zero-order valence-electron chi connectivity index (χ0n) is 14.9. The number of hydrogen-bond acceptors (Lipinski definition) is 4. The third-order valence-electron chi connectivity index (χ3n) is 3.94. The van der Waals surface area contributed by atoms with E-state index in [9.17, 15) is 4.79 Å². The van der Waals surface area contributed by atoms with Crippen molar-refractivity contribution in [2.75, 3.05) is 0 Å². The van der Waals surface area contributed by atoms with Crippen LogP contribution in [0.25, 0.3) is 11.3 Å². The Labute approximate surface area is 146 Å². The highest BCUT2D eigenvalue weighted by molar-refractivity contribution is 5.95. The fourth-order valence-corrected chi connectivity index (χ4v) is 2.71. The molecule has 0 radical (unpaired) electrons. The molecule has 0 bridgehead atoms. The zero-order chi connectivity index (χ0) is 18.0. The minimum Gasteiger partial charge on any atom is -0.359 e. The van der Waals surface area contributed by atoms with Crippen LogP contribution in [0.5, 0.6) is 0 Å². The number of aromatic nitrogens is 3. The molecule has 2 heterocycles. The quantitative estimate of drug-likeness (QED) is 0.790. The Hall–Kier alpha value is -2.89. The maximum Gasteiger partial charge on any atom is 0.255 e. The number of nitrogens with one attached hydrogen (secondary N) is 1. The van der Waals surface area contributed by atoms with Crippen LogP contribution in [0.3, 0.4) is 0 Å². The monoisotopic (exact) mass is 338 g/mol. The van der Waals surface area contributed by atoms with E-state index in [-0.39, 0.29) is 18.0 Å². The van der Waals surface area contributed by atoms with Gasteiger partial charge in [-0.3, -0.25) is 9.48 Å². The second-order valence-electron chi connectivity index (χ2n) is 6.95. The van der Waals surface area contributed by atoms with Gasteiger partial charge in [0.2, 0.25) is 0 Å². The van der Waals surface area contributed by atoms with Crippen LogP contribution >= 0.6 is 0 Å². The Bertz CT molecular complexity index is 872. The lowest BCUT2D eigenvalue weighted by Crippen LogP contribution is -2.26. The van der Waals surface area contributed by atoms with Crippen molar-refractivity contribution in [3.63, 3.8) is 0 Å². The summed E-state index contributed by atoms with van der Waals surface area (Å²) in [7, 11) is 0. The second-order valence-corrected chi connectivity index (χ2v) is 6.95. The molecule has 1 aromatic carbocycles. The molecule has 0 atom stereocenters. The van der Waals surface area contributed by atoms with Crippen LogP contribution in [0.1, 0.15) is 42.6 Å². The number of nitrogens with zero attached hydrogens (tertiary/aromatic N) is 3. The van der Waals surface area contributed by atoms with E-state index in [1.54, 1.807) is 6.20 Å². The topological polar surface area (TPSA) is 73.0 Å². The first-order valence-corrected chi connectivity index (χ1v) is 8.20. The maximum atomic E-state index is 12.4. The molecule has 6 nitrogen and oxygen atoms in total. The number of rotatable bonds is 4. The number of carbonyl (C=O) groups excluding carboxylic acids is 1. The molecule has 1 N–H and O–H groups in total. The molecule has 2 aromatic heterocycles. The number of hydrogen-bond donors (Lipinski definition) is 1. The van der Waals surface area contributed by atoms with Gasteiger partial charge in [0.05, 0.1) is 23.8 Å².